The maximum Gasteiger partial charge on any atom is 0.248 e. The maximum atomic E-state index is 13.9. The molecule has 4 rings (SSSR count). The van der Waals surface area contributed by atoms with Crippen LogP contribution in [0.2, 0.25) is 0 Å². The van der Waals surface area contributed by atoms with Gasteiger partial charge >= 0.3 is 0 Å². The van der Waals surface area contributed by atoms with Crippen molar-refractivity contribution >= 4 is 17.5 Å². The first-order chi connectivity index (χ1) is 15.1. The third-order valence-electron chi connectivity index (χ3n) is 6.29. The highest BCUT2D eigenvalue weighted by molar-refractivity contribution is 6.06. The number of nitrogens with zero attached hydrogens (tertiary/aromatic N) is 2. The van der Waals surface area contributed by atoms with E-state index in [1.165, 1.54) is 12.1 Å². The first-order valence-corrected chi connectivity index (χ1v) is 10.6. The topological polar surface area (TPSA) is 59.1 Å². The average Bonchev–Trinajstić information content (AvgIpc) is 2.80. The summed E-state index contributed by atoms with van der Waals surface area (Å²) in [6, 6.07) is 15.8. The zero-order valence-corrected chi connectivity index (χ0v) is 17.6. The molecule has 2 amide bonds. The van der Waals surface area contributed by atoms with Gasteiger partial charge in [-0.3, -0.25) is 9.59 Å². The van der Waals surface area contributed by atoms with Gasteiger partial charge in [0.25, 0.3) is 0 Å². The third kappa shape index (κ3) is 4.07. The summed E-state index contributed by atoms with van der Waals surface area (Å²) in [7, 11) is 1.58. The Balaban J connectivity index is 1.51. The summed E-state index contributed by atoms with van der Waals surface area (Å²) < 4.78 is 24.1. The van der Waals surface area contributed by atoms with Gasteiger partial charge in [-0.2, -0.15) is 0 Å². The lowest BCUT2D eigenvalue weighted by molar-refractivity contribution is -0.150. The van der Waals surface area contributed by atoms with E-state index in [2.05, 4.69) is 0 Å². The first-order valence-electron chi connectivity index (χ1n) is 10.6. The molecule has 2 aromatic carbocycles. The Morgan fingerprint density at radius 2 is 1.84 bits per heavy atom. The second-order valence-corrected chi connectivity index (χ2v) is 8.05. The van der Waals surface area contributed by atoms with Crippen molar-refractivity contribution in [2.45, 2.75) is 18.9 Å². The fourth-order valence-corrected chi connectivity index (χ4v) is 4.69. The van der Waals surface area contributed by atoms with Gasteiger partial charge in [0, 0.05) is 25.9 Å². The van der Waals surface area contributed by atoms with Crippen LogP contribution in [0.5, 0.6) is 0 Å². The first kappa shape index (κ1) is 21.5. The van der Waals surface area contributed by atoms with Gasteiger partial charge in [0.1, 0.15) is 12.4 Å². The predicted molar refractivity (Wildman–Crippen MR) is 114 cm³/mol. The largest absolute Gasteiger partial charge is 0.382 e. The Morgan fingerprint density at radius 3 is 2.52 bits per heavy atom. The van der Waals surface area contributed by atoms with Crippen LogP contribution in [0.1, 0.15) is 24.4 Å². The number of likely N-dealkylation sites (tertiary alicyclic amines) is 1. The van der Waals surface area contributed by atoms with Crippen molar-refractivity contribution in [3.63, 3.8) is 0 Å². The summed E-state index contributed by atoms with van der Waals surface area (Å²) >= 11 is 0. The number of halogens is 1. The molecular weight excluding hydrogens is 399 g/mol. The molecule has 0 aliphatic carbocycles. The van der Waals surface area contributed by atoms with Crippen molar-refractivity contribution in [2.24, 2.45) is 5.41 Å². The highest BCUT2D eigenvalue weighted by atomic mass is 19.1. The Morgan fingerprint density at radius 1 is 1.10 bits per heavy atom. The smallest absolute Gasteiger partial charge is 0.248 e. The van der Waals surface area contributed by atoms with E-state index in [4.69, 9.17) is 9.47 Å². The SMILES string of the molecule is COCCOCC(=O)N1CCC2(CC1)C(=O)N(c1cccc(F)c1)C2c1ccccc1. The van der Waals surface area contributed by atoms with Crippen LogP contribution in [0.15, 0.2) is 54.6 Å². The van der Waals surface area contributed by atoms with Gasteiger partial charge in [0.15, 0.2) is 0 Å². The van der Waals surface area contributed by atoms with Crippen LogP contribution in [0.3, 0.4) is 0 Å². The number of hydrogen-bond acceptors (Lipinski definition) is 4. The van der Waals surface area contributed by atoms with Crippen molar-refractivity contribution in [3.05, 3.63) is 66.0 Å². The Kier molecular flexibility index (Phi) is 6.34. The van der Waals surface area contributed by atoms with Crippen molar-refractivity contribution in [3.8, 4) is 0 Å². The molecule has 1 atom stereocenters. The monoisotopic (exact) mass is 426 g/mol. The number of methoxy groups -OCH3 is 1. The zero-order chi connectivity index (χ0) is 21.8. The fourth-order valence-electron chi connectivity index (χ4n) is 4.69. The number of carbonyl (C=O) groups excluding carboxylic acids is 2. The number of piperidine rings is 1. The highest BCUT2D eigenvalue weighted by Crippen LogP contribution is 2.57. The van der Waals surface area contributed by atoms with E-state index >= 15 is 0 Å². The van der Waals surface area contributed by atoms with E-state index in [0.717, 1.165) is 5.56 Å². The Hall–Kier alpha value is -2.77. The minimum absolute atomic E-state index is 0.00426. The van der Waals surface area contributed by atoms with E-state index in [-0.39, 0.29) is 30.3 Å². The van der Waals surface area contributed by atoms with Crippen LogP contribution in [0, 0.1) is 11.2 Å². The van der Waals surface area contributed by atoms with E-state index in [0.29, 0.717) is 44.8 Å². The third-order valence-corrected chi connectivity index (χ3v) is 6.29. The molecule has 7 heteroatoms. The van der Waals surface area contributed by atoms with Crippen LogP contribution in [0.25, 0.3) is 0 Å². The predicted octanol–water partition coefficient (Wildman–Crippen LogP) is 3.19. The number of β-lactam (4-membered cyclic amide) rings is 1. The van der Waals surface area contributed by atoms with Crippen molar-refractivity contribution in [1.29, 1.82) is 0 Å². The van der Waals surface area contributed by atoms with Gasteiger partial charge in [-0.05, 0) is 36.6 Å². The molecular formula is C24H27FN2O4. The van der Waals surface area contributed by atoms with Crippen LogP contribution in [0.4, 0.5) is 10.1 Å². The number of rotatable bonds is 7. The molecule has 1 unspecified atom stereocenters. The molecule has 1 spiro atoms. The summed E-state index contributed by atoms with van der Waals surface area (Å²) in [5.41, 5.74) is 1.00. The summed E-state index contributed by atoms with van der Waals surface area (Å²) in [5, 5.41) is 0. The molecule has 31 heavy (non-hydrogen) atoms. The van der Waals surface area contributed by atoms with E-state index in [9.17, 15) is 14.0 Å². The number of hydrogen-bond donors (Lipinski definition) is 0. The van der Waals surface area contributed by atoms with Gasteiger partial charge in [-0.25, -0.2) is 4.39 Å². The molecule has 0 saturated carbocycles. The van der Waals surface area contributed by atoms with Gasteiger partial charge in [-0.15, -0.1) is 0 Å². The number of amides is 2. The number of anilines is 1. The van der Waals surface area contributed by atoms with E-state index in [1.54, 1.807) is 29.0 Å². The normalized spacial score (nSPS) is 20.1. The molecule has 2 aliphatic rings. The van der Waals surface area contributed by atoms with E-state index < -0.39 is 5.41 Å². The van der Waals surface area contributed by atoms with Crippen LogP contribution in [-0.2, 0) is 19.1 Å². The summed E-state index contributed by atoms with van der Waals surface area (Å²) in [6.07, 6.45) is 1.14. The van der Waals surface area contributed by atoms with Crippen LogP contribution < -0.4 is 4.90 Å². The second-order valence-electron chi connectivity index (χ2n) is 8.05. The van der Waals surface area contributed by atoms with Gasteiger partial charge in [0.2, 0.25) is 11.8 Å². The number of benzene rings is 2. The summed E-state index contributed by atoms with van der Waals surface area (Å²) in [5.74, 6) is -0.446. The molecule has 0 bridgehead atoms. The molecule has 2 fully saturated rings. The maximum absolute atomic E-state index is 13.9. The van der Waals surface area contributed by atoms with Gasteiger partial charge in [0.05, 0.1) is 24.7 Å². The average molecular weight is 426 g/mol. The number of ether oxygens (including phenoxy) is 2. The highest BCUT2D eigenvalue weighted by Gasteiger charge is 2.62. The van der Waals surface area contributed by atoms with Gasteiger partial charge in [-0.1, -0.05) is 36.4 Å². The molecule has 2 aliphatic heterocycles. The molecule has 2 aromatic rings. The van der Waals surface area contributed by atoms with Crippen LogP contribution >= 0.6 is 0 Å². The molecule has 0 radical (unpaired) electrons. The standard InChI is InChI=1S/C24H27FN2O4/c1-30-14-15-31-17-21(28)26-12-10-24(11-13-26)22(18-6-3-2-4-7-18)27(23(24)29)20-9-5-8-19(25)16-20/h2-9,16,22H,10-15,17H2,1H3. The van der Waals surface area contributed by atoms with Crippen molar-refractivity contribution in [2.75, 3.05) is 44.9 Å². The Labute approximate surface area is 181 Å². The van der Waals surface area contributed by atoms with Gasteiger partial charge < -0.3 is 19.3 Å². The quantitative estimate of drug-likeness (QED) is 0.504. The van der Waals surface area contributed by atoms with Crippen molar-refractivity contribution < 1.29 is 23.5 Å². The summed E-state index contributed by atoms with van der Waals surface area (Å²) in [6.45, 7) is 1.83. The lowest BCUT2D eigenvalue weighted by Crippen LogP contribution is -2.67. The minimum atomic E-state index is -0.582. The second kappa shape index (κ2) is 9.16. The zero-order valence-electron chi connectivity index (χ0n) is 17.6. The molecule has 0 aromatic heterocycles. The fraction of sp³-hybridized carbons (Fsp3) is 0.417. The molecule has 0 N–H and O–H groups in total. The molecule has 164 valence electrons. The molecule has 6 nitrogen and oxygen atoms in total. The number of carbonyl (C=O) groups is 2. The molecule has 2 heterocycles. The molecule has 2 saturated heterocycles. The minimum Gasteiger partial charge on any atom is -0.382 e. The van der Waals surface area contributed by atoms with Crippen LogP contribution in [-0.4, -0.2) is 56.7 Å². The van der Waals surface area contributed by atoms with E-state index in [1.807, 2.05) is 30.3 Å². The Bertz CT molecular complexity index is 928. The lowest BCUT2D eigenvalue weighted by Gasteiger charge is -2.59. The lowest BCUT2D eigenvalue weighted by atomic mass is 9.62. The van der Waals surface area contributed by atoms with Crippen molar-refractivity contribution in [1.82, 2.24) is 4.90 Å². The summed E-state index contributed by atoms with van der Waals surface area (Å²) in [4.78, 5) is 29.3.